The van der Waals surface area contributed by atoms with Crippen molar-refractivity contribution in [2.24, 2.45) is 5.92 Å². The number of aryl methyl sites for hydroxylation is 1. The zero-order chi connectivity index (χ0) is 16.2. The first-order chi connectivity index (χ1) is 11.1. The molecule has 23 heavy (non-hydrogen) atoms. The third-order valence-electron chi connectivity index (χ3n) is 3.91. The van der Waals surface area contributed by atoms with Gasteiger partial charge in [-0.1, -0.05) is 11.6 Å². The van der Waals surface area contributed by atoms with E-state index in [0.717, 1.165) is 24.5 Å². The van der Waals surface area contributed by atoms with Gasteiger partial charge in [0.2, 0.25) is 0 Å². The maximum absolute atomic E-state index is 12.1. The van der Waals surface area contributed by atoms with Gasteiger partial charge in [-0.25, -0.2) is 0 Å². The van der Waals surface area contributed by atoms with Crippen molar-refractivity contribution < 1.29 is 13.9 Å². The molecular weight excluding hydrogens is 294 g/mol. The number of nitrogens with one attached hydrogen (secondary N) is 1. The number of carbonyl (C=O) groups excluding carboxylic acids is 1. The van der Waals surface area contributed by atoms with Crippen LogP contribution in [0.1, 0.15) is 35.4 Å². The van der Waals surface area contributed by atoms with Crippen LogP contribution in [0.4, 0.5) is 0 Å². The molecule has 0 radical (unpaired) electrons. The first-order valence-corrected chi connectivity index (χ1v) is 8.04. The highest BCUT2D eigenvalue weighted by Gasteiger charge is 2.20. The topological polar surface area (TPSA) is 68.5 Å². The molecule has 1 fully saturated rings. The van der Waals surface area contributed by atoms with E-state index in [1.54, 1.807) is 12.1 Å². The van der Waals surface area contributed by atoms with Crippen LogP contribution in [0.3, 0.4) is 0 Å². The number of fused-ring (bicyclic) bond motifs is 1. The Kier molecular flexibility index (Phi) is 4.76. The molecule has 0 atom stereocenters. The molecule has 0 spiro atoms. The summed E-state index contributed by atoms with van der Waals surface area (Å²) < 4.78 is 11.0. The van der Waals surface area contributed by atoms with Crippen molar-refractivity contribution in [2.75, 3.05) is 19.8 Å². The van der Waals surface area contributed by atoms with Crippen molar-refractivity contribution in [1.82, 2.24) is 5.32 Å². The van der Waals surface area contributed by atoms with Crippen molar-refractivity contribution in [3.05, 3.63) is 45.8 Å². The van der Waals surface area contributed by atoms with Crippen molar-refractivity contribution in [3.63, 3.8) is 0 Å². The van der Waals surface area contributed by atoms with Gasteiger partial charge in [0.15, 0.2) is 11.2 Å². The Morgan fingerprint density at radius 1 is 1.35 bits per heavy atom. The molecule has 1 N–H and O–H groups in total. The molecule has 1 aliphatic rings. The fourth-order valence-electron chi connectivity index (χ4n) is 2.38. The molecular formula is C18H21NO4. The van der Waals surface area contributed by atoms with Crippen LogP contribution in [0.5, 0.6) is 0 Å². The maximum atomic E-state index is 12.1. The molecule has 1 amide bonds. The smallest absolute Gasteiger partial charge is 0.287 e. The lowest BCUT2D eigenvalue weighted by Crippen LogP contribution is -2.26. The van der Waals surface area contributed by atoms with E-state index in [-0.39, 0.29) is 17.1 Å². The minimum Gasteiger partial charge on any atom is -0.451 e. The summed E-state index contributed by atoms with van der Waals surface area (Å²) in [4.78, 5) is 24.2. The van der Waals surface area contributed by atoms with Gasteiger partial charge in [0.25, 0.3) is 5.91 Å². The number of hydrogen-bond donors (Lipinski definition) is 1. The van der Waals surface area contributed by atoms with Gasteiger partial charge in [0.1, 0.15) is 5.58 Å². The van der Waals surface area contributed by atoms with Crippen LogP contribution in [-0.4, -0.2) is 25.7 Å². The Hall–Kier alpha value is -2.14. The zero-order valence-corrected chi connectivity index (χ0v) is 13.3. The van der Waals surface area contributed by atoms with Crippen LogP contribution < -0.4 is 10.7 Å². The average molecular weight is 315 g/mol. The summed E-state index contributed by atoms with van der Waals surface area (Å²) in [6, 6.07) is 6.58. The highest BCUT2D eigenvalue weighted by molar-refractivity contribution is 5.93. The highest BCUT2D eigenvalue weighted by atomic mass is 16.5. The van der Waals surface area contributed by atoms with Crippen molar-refractivity contribution in [2.45, 2.75) is 26.2 Å². The average Bonchev–Trinajstić information content (AvgIpc) is 3.35. The molecule has 1 aromatic carbocycles. The molecule has 1 heterocycles. The molecule has 0 bridgehead atoms. The monoisotopic (exact) mass is 315 g/mol. The second-order valence-corrected chi connectivity index (χ2v) is 6.10. The van der Waals surface area contributed by atoms with E-state index in [0.29, 0.717) is 24.1 Å². The van der Waals surface area contributed by atoms with Gasteiger partial charge in [0.05, 0.1) is 5.39 Å². The van der Waals surface area contributed by atoms with E-state index in [1.165, 1.54) is 18.9 Å². The van der Waals surface area contributed by atoms with Crippen LogP contribution in [0.2, 0.25) is 0 Å². The predicted octanol–water partition coefficient (Wildman–Crippen LogP) is 2.65. The van der Waals surface area contributed by atoms with Gasteiger partial charge in [-0.15, -0.1) is 0 Å². The Labute approximate surface area is 134 Å². The van der Waals surface area contributed by atoms with Gasteiger partial charge in [-0.05, 0) is 44.2 Å². The first-order valence-electron chi connectivity index (χ1n) is 8.04. The van der Waals surface area contributed by atoms with Crippen molar-refractivity contribution >= 4 is 16.9 Å². The SMILES string of the molecule is Cc1ccc2oc(C(=O)NCCCOCC3CC3)cc(=O)c2c1. The molecule has 3 rings (SSSR count). The van der Waals surface area contributed by atoms with Gasteiger partial charge < -0.3 is 14.5 Å². The molecule has 1 aromatic heterocycles. The Balaban J connectivity index is 1.55. The van der Waals surface area contributed by atoms with E-state index in [2.05, 4.69) is 5.32 Å². The molecule has 5 nitrogen and oxygen atoms in total. The molecule has 1 saturated carbocycles. The van der Waals surface area contributed by atoms with E-state index >= 15 is 0 Å². The molecule has 0 aliphatic heterocycles. The van der Waals surface area contributed by atoms with Crippen LogP contribution >= 0.6 is 0 Å². The number of benzene rings is 1. The third kappa shape index (κ3) is 4.20. The molecule has 122 valence electrons. The van der Waals surface area contributed by atoms with Gasteiger partial charge in [0, 0.05) is 25.8 Å². The molecule has 0 saturated heterocycles. The normalized spacial score (nSPS) is 14.1. The number of rotatable bonds is 7. The summed E-state index contributed by atoms with van der Waals surface area (Å²) in [6.07, 6.45) is 3.30. The quantitative estimate of drug-likeness (QED) is 0.798. The maximum Gasteiger partial charge on any atom is 0.287 e. The van der Waals surface area contributed by atoms with Crippen LogP contribution in [-0.2, 0) is 4.74 Å². The fourth-order valence-corrected chi connectivity index (χ4v) is 2.38. The van der Waals surface area contributed by atoms with Crippen LogP contribution in [0, 0.1) is 12.8 Å². The van der Waals surface area contributed by atoms with Crippen molar-refractivity contribution in [1.29, 1.82) is 0 Å². The summed E-state index contributed by atoms with van der Waals surface area (Å²) in [5.41, 5.74) is 1.21. The Morgan fingerprint density at radius 3 is 2.96 bits per heavy atom. The second kappa shape index (κ2) is 6.96. The summed E-state index contributed by atoms with van der Waals surface area (Å²) in [6.45, 7) is 3.87. The number of carbonyl (C=O) groups is 1. The summed E-state index contributed by atoms with van der Waals surface area (Å²) in [5, 5.41) is 3.25. The minimum atomic E-state index is -0.369. The number of amides is 1. The fraction of sp³-hybridized carbons (Fsp3) is 0.444. The summed E-state index contributed by atoms with van der Waals surface area (Å²) >= 11 is 0. The molecule has 1 aliphatic carbocycles. The zero-order valence-electron chi connectivity index (χ0n) is 13.3. The lowest BCUT2D eigenvalue weighted by molar-refractivity contribution is 0.0911. The third-order valence-corrected chi connectivity index (χ3v) is 3.91. The minimum absolute atomic E-state index is 0.0465. The van der Waals surface area contributed by atoms with Crippen LogP contribution in [0.15, 0.2) is 33.5 Å². The molecule has 0 unspecified atom stereocenters. The lowest BCUT2D eigenvalue weighted by atomic mass is 10.1. The lowest BCUT2D eigenvalue weighted by Gasteiger charge is -2.06. The van der Waals surface area contributed by atoms with E-state index in [1.807, 2.05) is 13.0 Å². The van der Waals surface area contributed by atoms with Crippen LogP contribution in [0.25, 0.3) is 11.0 Å². The predicted molar refractivity (Wildman–Crippen MR) is 87.7 cm³/mol. The van der Waals surface area contributed by atoms with Crippen molar-refractivity contribution in [3.8, 4) is 0 Å². The Bertz CT molecular complexity index is 761. The standard InChI is InChI=1S/C18H21NO4/c1-12-3-6-16-14(9-12)15(20)10-17(23-16)18(21)19-7-2-8-22-11-13-4-5-13/h3,6,9-10,13H,2,4-5,7-8,11H2,1H3,(H,19,21). The van der Waals surface area contributed by atoms with Gasteiger partial charge >= 0.3 is 0 Å². The highest BCUT2D eigenvalue weighted by Crippen LogP contribution is 2.28. The largest absolute Gasteiger partial charge is 0.451 e. The van der Waals surface area contributed by atoms with E-state index in [9.17, 15) is 9.59 Å². The van der Waals surface area contributed by atoms with E-state index in [4.69, 9.17) is 9.15 Å². The molecule has 2 aromatic rings. The second-order valence-electron chi connectivity index (χ2n) is 6.10. The van der Waals surface area contributed by atoms with E-state index < -0.39 is 0 Å². The Morgan fingerprint density at radius 2 is 2.17 bits per heavy atom. The summed E-state index contributed by atoms with van der Waals surface area (Å²) in [7, 11) is 0. The number of hydrogen-bond acceptors (Lipinski definition) is 4. The molecule has 5 heteroatoms. The number of ether oxygens (including phenoxy) is 1. The van der Waals surface area contributed by atoms with Gasteiger partial charge in [-0.2, -0.15) is 0 Å². The van der Waals surface area contributed by atoms with Gasteiger partial charge in [-0.3, -0.25) is 9.59 Å². The first kappa shape index (κ1) is 15.7. The summed E-state index contributed by atoms with van der Waals surface area (Å²) in [5.74, 6) is 0.428.